The highest BCUT2D eigenvalue weighted by Gasteiger charge is 2.39. The third-order valence-electron chi connectivity index (χ3n) is 3.34. The Morgan fingerprint density at radius 2 is 2.05 bits per heavy atom. The lowest BCUT2D eigenvalue weighted by Crippen LogP contribution is -2.41. The molecule has 1 rings (SSSR count). The van der Waals surface area contributed by atoms with E-state index >= 15 is 0 Å². The maximum atomic E-state index is 12.0. The standard InChI is InChI=1S/C13H22N2O5/c1-3-6-14-11(16)4-5-12(17)15-8-9(20-2)7-10(15)13(18)19/h9-10H,3-8H2,1-2H3,(H,14,16)(H,18,19). The number of hydrogen-bond acceptors (Lipinski definition) is 4. The predicted octanol–water partition coefficient (Wildman–Crippen LogP) is -0.00670. The second-order valence-electron chi connectivity index (χ2n) is 4.84. The van der Waals surface area contributed by atoms with E-state index in [4.69, 9.17) is 9.84 Å². The number of nitrogens with one attached hydrogen (secondary N) is 1. The van der Waals surface area contributed by atoms with Gasteiger partial charge < -0.3 is 20.1 Å². The summed E-state index contributed by atoms with van der Waals surface area (Å²) in [5.41, 5.74) is 0. The van der Waals surface area contributed by atoms with Gasteiger partial charge in [-0.05, 0) is 6.42 Å². The van der Waals surface area contributed by atoms with E-state index in [-0.39, 0.29) is 37.3 Å². The summed E-state index contributed by atoms with van der Waals surface area (Å²) in [4.78, 5) is 35.9. The van der Waals surface area contributed by atoms with E-state index in [0.717, 1.165) is 6.42 Å². The maximum Gasteiger partial charge on any atom is 0.326 e. The number of carboxylic acid groups (broad SMARTS) is 1. The van der Waals surface area contributed by atoms with E-state index in [1.165, 1.54) is 12.0 Å². The van der Waals surface area contributed by atoms with Crippen molar-refractivity contribution in [2.45, 2.75) is 44.8 Å². The average Bonchev–Trinajstić information content (AvgIpc) is 2.87. The molecule has 0 saturated carbocycles. The Bertz CT molecular complexity index is 372. The summed E-state index contributed by atoms with van der Waals surface area (Å²) >= 11 is 0. The molecule has 20 heavy (non-hydrogen) atoms. The fourth-order valence-electron chi connectivity index (χ4n) is 2.19. The van der Waals surface area contributed by atoms with Crippen molar-refractivity contribution in [3.05, 3.63) is 0 Å². The first kappa shape index (κ1) is 16.4. The van der Waals surface area contributed by atoms with Crippen LogP contribution in [0.3, 0.4) is 0 Å². The molecular weight excluding hydrogens is 264 g/mol. The molecule has 2 N–H and O–H groups in total. The number of carboxylic acids is 1. The molecule has 1 aliphatic heterocycles. The zero-order valence-electron chi connectivity index (χ0n) is 11.9. The van der Waals surface area contributed by atoms with Gasteiger partial charge in [-0.1, -0.05) is 6.92 Å². The molecule has 114 valence electrons. The lowest BCUT2D eigenvalue weighted by Gasteiger charge is -2.21. The van der Waals surface area contributed by atoms with Crippen molar-refractivity contribution in [2.24, 2.45) is 0 Å². The highest BCUT2D eigenvalue weighted by Crippen LogP contribution is 2.21. The van der Waals surface area contributed by atoms with Crippen LogP contribution >= 0.6 is 0 Å². The fraction of sp³-hybridized carbons (Fsp3) is 0.769. The second kappa shape index (κ2) is 7.84. The molecule has 2 unspecified atom stereocenters. The van der Waals surface area contributed by atoms with Crippen molar-refractivity contribution in [3.8, 4) is 0 Å². The van der Waals surface area contributed by atoms with E-state index in [1.807, 2.05) is 6.92 Å². The first-order valence-corrected chi connectivity index (χ1v) is 6.81. The van der Waals surface area contributed by atoms with Gasteiger partial charge >= 0.3 is 5.97 Å². The first-order chi connectivity index (χ1) is 9.49. The molecule has 0 aromatic rings. The van der Waals surface area contributed by atoms with Crippen LogP contribution in [-0.2, 0) is 19.1 Å². The van der Waals surface area contributed by atoms with Gasteiger partial charge in [0, 0.05) is 39.5 Å². The number of carbonyl (C=O) groups excluding carboxylic acids is 2. The molecule has 1 heterocycles. The molecule has 1 fully saturated rings. The summed E-state index contributed by atoms with van der Waals surface area (Å²) in [6.07, 6.45) is 0.978. The Labute approximate surface area is 118 Å². The monoisotopic (exact) mass is 286 g/mol. The van der Waals surface area contributed by atoms with Gasteiger partial charge in [0.15, 0.2) is 0 Å². The Balaban J connectivity index is 2.48. The molecule has 2 amide bonds. The molecule has 1 saturated heterocycles. The molecule has 0 aliphatic carbocycles. The van der Waals surface area contributed by atoms with Crippen LogP contribution in [0.15, 0.2) is 0 Å². The number of carbonyl (C=O) groups is 3. The molecule has 2 atom stereocenters. The van der Waals surface area contributed by atoms with Crippen LogP contribution in [-0.4, -0.2) is 60.1 Å². The molecule has 7 heteroatoms. The molecule has 0 aromatic carbocycles. The van der Waals surface area contributed by atoms with E-state index in [2.05, 4.69) is 5.32 Å². The van der Waals surface area contributed by atoms with Crippen molar-refractivity contribution in [2.75, 3.05) is 20.2 Å². The van der Waals surface area contributed by atoms with E-state index in [1.54, 1.807) is 0 Å². The number of ether oxygens (including phenoxy) is 1. The Hall–Kier alpha value is -1.63. The van der Waals surface area contributed by atoms with Crippen molar-refractivity contribution >= 4 is 17.8 Å². The Morgan fingerprint density at radius 3 is 2.60 bits per heavy atom. The molecule has 1 aliphatic rings. The highest BCUT2D eigenvalue weighted by atomic mass is 16.5. The topological polar surface area (TPSA) is 95.9 Å². The number of hydrogen-bond donors (Lipinski definition) is 2. The number of rotatable bonds is 7. The van der Waals surface area contributed by atoms with Crippen molar-refractivity contribution in [1.29, 1.82) is 0 Å². The molecular formula is C13H22N2O5. The SMILES string of the molecule is CCCNC(=O)CCC(=O)N1CC(OC)CC1C(=O)O. The van der Waals surface area contributed by atoms with Crippen molar-refractivity contribution < 1.29 is 24.2 Å². The number of nitrogens with zero attached hydrogens (tertiary/aromatic N) is 1. The fourth-order valence-corrected chi connectivity index (χ4v) is 2.19. The molecule has 0 bridgehead atoms. The van der Waals surface area contributed by atoms with Crippen LogP contribution in [0.5, 0.6) is 0 Å². The number of likely N-dealkylation sites (tertiary alicyclic amines) is 1. The summed E-state index contributed by atoms with van der Waals surface area (Å²) in [5, 5.41) is 11.8. The number of methoxy groups -OCH3 is 1. The van der Waals surface area contributed by atoms with Gasteiger partial charge in [-0.3, -0.25) is 9.59 Å². The second-order valence-corrected chi connectivity index (χ2v) is 4.84. The normalized spacial score (nSPS) is 21.8. The highest BCUT2D eigenvalue weighted by molar-refractivity contribution is 5.87. The summed E-state index contributed by atoms with van der Waals surface area (Å²) in [5.74, 6) is -1.54. The van der Waals surface area contributed by atoms with Crippen LogP contribution in [0.2, 0.25) is 0 Å². The van der Waals surface area contributed by atoms with Crippen LogP contribution in [0.1, 0.15) is 32.6 Å². The minimum atomic E-state index is -1.03. The van der Waals surface area contributed by atoms with Crippen LogP contribution in [0.4, 0.5) is 0 Å². The van der Waals surface area contributed by atoms with E-state index in [0.29, 0.717) is 13.0 Å². The van der Waals surface area contributed by atoms with Gasteiger partial charge in [-0.15, -0.1) is 0 Å². The van der Waals surface area contributed by atoms with Gasteiger partial charge in [-0.2, -0.15) is 0 Å². The summed E-state index contributed by atoms with van der Waals surface area (Å²) in [6, 6.07) is -0.855. The quantitative estimate of drug-likeness (QED) is 0.686. The van der Waals surface area contributed by atoms with Crippen LogP contribution < -0.4 is 5.32 Å². The zero-order chi connectivity index (χ0) is 15.1. The maximum absolute atomic E-state index is 12.0. The molecule has 0 aromatic heterocycles. The third kappa shape index (κ3) is 4.48. The van der Waals surface area contributed by atoms with Crippen molar-refractivity contribution in [1.82, 2.24) is 10.2 Å². The molecule has 7 nitrogen and oxygen atoms in total. The summed E-state index contributed by atoms with van der Waals surface area (Å²) in [7, 11) is 1.50. The van der Waals surface area contributed by atoms with Gasteiger partial charge in [0.05, 0.1) is 6.10 Å². The summed E-state index contributed by atoms with van der Waals surface area (Å²) < 4.78 is 5.11. The largest absolute Gasteiger partial charge is 0.480 e. The lowest BCUT2D eigenvalue weighted by atomic mass is 10.2. The van der Waals surface area contributed by atoms with E-state index < -0.39 is 12.0 Å². The van der Waals surface area contributed by atoms with Crippen molar-refractivity contribution in [3.63, 3.8) is 0 Å². The summed E-state index contributed by atoms with van der Waals surface area (Å²) in [6.45, 7) is 2.79. The third-order valence-corrected chi connectivity index (χ3v) is 3.34. The average molecular weight is 286 g/mol. The lowest BCUT2D eigenvalue weighted by molar-refractivity contribution is -0.148. The van der Waals surface area contributed by atoms with Crippen LogP contribution in [0, 0.1) is 0 Å². The van der Waals surface area contributed by atoms with Gasteiger partial charge in [-0.25, -0.2) is 4.79 Å². The minimum Gasteiger partial charge on any atom is -0.480 e. The van der Waals surface area contributed by atoms with Gasteiger partial charge in [0.2, 0.25) is 11.8 Å². The molecule has 0 radical (unpaired) electrons. The van der Waals surface area contributed by atoms with Gasteiger partial charge in [0.1, 0.15) is 6.04 Å². The van der Waals surface area contributed by atoms with Crippen LogP contribution in [0.25, 0.3) is 0 Å². The Morgan fingerprint density at radius 1 is 1.35 bits per heavy atom. The smallest absolute Gasteiger partial charge is 0.326 e. The zero-order valence-corrected chi connectivity index (χ0v) is 11.9. The molecule has 0 spiro atoms. The Kier molecular flexibility index (Phi) is 6.44. The number of aliphatic carboxylic acids is 1. The number of amides is 2. The van der Waals surface area contributed by atoms with E-state index in [9.17, 15) is 14.4 Å². The minimum absolute atomic E-state index is 0.0236. The predicted molar refractivity (Wildman–Crippen MR) is 71.1 cm³/mol. The first-order valence-electron chi connectivity index (χ1n) is 6.81. The van der Waals surface area contributed by atoms with Gasteiger partial charge in [0.25, 0.3) is 0 Å².